The van der Waals surface area contributed by atoms with Crippen LogP contribution in [0.4, 0.5) is 0 Å². The van der Waals surface area contributed by atoms with Gasteiger partial charge >= 0.3 is 0 Å². The van der Waals surface area contributed by atoms with Crippen molar-refractivity contribution in [1.82, 2.24) is 15.5 Å². The van der Waals surface area contributed by atoms with E-state index in [9.17, 15) is 0 Å². The molecule has 18 heavy (non-hydrogen) atoms. The maximum atomic E-state index is 5.16. The highest BCUT2D eigenvalue weighted by atomic mass is 32.1. The summed E-state index contributed by atoms with van der Waals surface area (Å²) >= 11 is 5.16. The second-order valence-corrected chi connectivity index (χ2v) is 5.33. The lowest BCUT2D eigenvalue weighted by Gasteiger charge is -2.21. The van der Waals surface area contributed by atoms with Crippen LogP contribution in [0.5, 0.6) is 0 Å². The molecule has 2 N–H and O–H groups in total. The molecule has 0 saturated carbocycles. The van der Waals surface area contributed by atoms with E-state index in [1.165, 1.54) is 5.56 Å². The summed E-state index contributed by atoms with van der Waals surface area (Å²) in [6, 6.07) is 11.7. The SMILES string of the molecule is CNC(=S)NC1CC(C)N(Cc2ccccc2)C1. The van der Waals surface area contributed by atoms with E-state index < -0.39 is 0 Å². The van der Waals surface area contributed by atoms with Gasteiger partial charge in [0.05, 0.1) is 0 Å². The number of thiocarbonyl (C=S) groups is 1. The van der Waals surface area contributed by atoms with Gasteiger partial charge in [-0.05, 0) is 31.1 Å². The lowest BCUT2D eigenvalue weighted by atomic mass is 10.2. The third kappa shape index (κ3) is 3.43. The van der Waals surface area contributed by atoms with Gasteiger partial charge in [-0.15, -0.1) is 0 Å². The Morgan fingerprint density at radius 2 is 2.11 bits per heavy atom. The van der Waals surface area contributed by atoms with Gasteiger partial charge in [-0.25, -0.2) is 0 Å². The number of nitrogens with one attached hydrogen (secondary N) is 2. The fraction of sp³-hybridized carbons (Fsp3) is 0.500. The molecule has 98 valence electrons. The van der Waals surface area contributed by atoms with E-state index in [1.54, 1.807) is 0 Å². The second-order valence-electron chi connectivity index (χ2n) is 4.92. The third-order valence-electron chi connectivity index (χ3n) is 3.49. The van der Waals surface area contributed by atoms with Gasteiger partial charge in [-0.3, -0.25) is 4.90 Å². The normalized spacial score (nSPS) is 23.9. The molecule has 0 aromatic heterocycles. The van der Waals surface area contributed by atoms with Crippen molar-refractivity contribution in [2.45, 2.75) is 32.0 Å². The number of likely N-dealkylation sites (tertiary alicyclic amines) is 1. The molecule has 0 spiro atoms. The molecule has 1 fully saturated rings. The van der Waals surface area contributed by atoms with E-state index in [4.69, 9.17) is 12.2 Å². The molecule has 2 rings (SSSR count). The Hall–Kier alpha value is -1.13. The van der Waals surface area contributed by atoms with E-state index in [1.807, 2.05) is 7.05 Å². The highest BCUT2D eigenvalue weighted by Crippen LogP contribution is 2.20. The van der Waals surface area contributed by atoms with Crippen molar-refractivity contribution in [3.8, 4) is 0 Å². The zero-order chi connectivity index (χ0) is 13.0. The lowest BCUT2D eigenvalue weighted by Crippen LogP contribution is -2.41. The Morgan fingerprint density at radius 3 is 2.78 bits per heavy atom. The van der Waals surface area contributed by atoms with Crippen molar-refractivity contribution in [2.75, 3.05) is 13.6 Å². The molecule has 1 heterocycles. The van der Waals surface area contributed by atoms with E-state index in [2.05, 4.69) is 52.8 Å². The summed E-state index contributed by atoms with van der Waals surface area (Å²) in [5, 5.41) is 7.07. The first-order valence-corrected chi connectivity index (χ1v) is 6.86. The van der Waals surface area contributed by atoms with E-state index in [-0.39, 0.29) is 0 Å². The molecule has 0 bridgehead atoms. The van der Waals surface area contributed by atoms with Crippen LogP contribution >= 0.6 is 12.2 Å². The highest BCUT2D eigenvalue weighted by molar-refractivity contribution is 7.80. The second kappa shape index (κ2) is 6.16. The third-order valence-corrected chi connectivity index (χ3v) is 3.82. The predicted molar refractivity (Wildman–Crippen MR) is 79.5 cm³/mol. The first kappa shape index (κ1) is 13.3. The molecule has 1 aliphatic rings. The highest BCUT2D eigenvalue weighted by Gasteiger charge is 2.28. The van der Waals surface area contributed by atoms with Crippen LogP contribution in [-0.2, 0) is 6.54 Å². The molecule has 0 amide bonds. The van der Waals surface area contributed by atoms with Crippen LogP contribution in [0.25, 0.3) is 0 Å². The fourth-order valence-corrected chi connectivity index (χ4v) is 2.67. The Morgan fingerprint density at radius 1 is 1.39 bits per heavy atom. The van der Waals surface area contributed by atoms with E-state index in [0.29, 0.717) is 12.1 Å². The summed E-state index contributed by atoms with van der Waals surface area (Å²) in [5.41, 5.74) is 1.38. The summed E-state index contributed by atoms with van der Waals surface area (Å²) in [6.07, 6.45) is 1.15. The molecule has 0 aliphatic carbocycles. The molecule has 2 unspecified atom stereocenters. The first-order chi connectivity index (χ1) is 8.69. The van der Waals surface area contributed by atoms with Gasteiger partial charge in [0, 0.05) is 32.2 Å². The van der Waals surface area contributed by atoms with Crippen LogP contribution in [-0.4, -0.2) is 35.7 Å². The van der Waals surface area contributed by atoms with Gasteiger partial charge in [-0.2, -0.15) is 0 Å². The molecule has 3 nitrogen and oxygen atoms in total. The van der Waals surface area contributed by atoms with Crippen LogP contribution in [0.2, 0.25) is 0 Å². The lowest BCUT2D eigenvalue weighted by molar-refractivity contribution is 0.258. The van der Waals surface area contributed by atoms with Crippen LogP contribution in [0.3, 0.4) is 0 Å². The molecule has 0 radical (unpaired) electrons. The number of rotatable bonds is 3. The Balaban J connectivity index is 1.89. The molecule has 1 saturated heterocycles. The average molecular weight is 263 g/mol. The maximum Gasteiger partial charge on any atom is 0.166 e. The van der Waals surface area contributed by atoms with Crippen molar-refractivity contribution in [3.63, 3.8) is 0 Å². The molecule has 1 aliphatic heterocycles. The predicted octanol–water partition coefficient (Wildman–Crippen LogP) is 1.74. The van der Waals surface area contributed by atoms with Gasteiger partial charge in [0.25, 0.3) is 0 Å². The van der Waals surface area contributed by atoms with Crippen molar-refractivity contribution in [2.24, 2.45) is 0 Å². The molecule has 1 aromatic carbocycles. The van der Waals surface area contributed by atoms with Crippen molar-refractivity contribution >= 4 is 17.3 Å². The number of benzene rings is 1. The monoisotopic (exact) mass is 263 g/mol. The van der Waals surface area contributed by atoms with E-state index >= 15 is 0 Å². The number of hydrogen-bond acceptors (Lipinski definition) is 2. The summed E-state index contributed by atoms with van der Waals surface area (Å²) in [5.74, 6) is 0. The summed E-state index contributed by atoms with van der Waals surface area (Å²) < 4.78 is 0. The summed E-state index contributed by atoms with van der Waals surface area (Å²) in [4.78, 5) is 2.51. The number of nitrogens with zero attached hydrogens (tertiary/aromatic N) is 1. The molecular formula is C14H21N3S. The summed E-state index contributed by atoms with van der Waals surface area (Å²) in [6.45, 7) is 4.36. The fourth-order valence-electron chi connectivity index (χ4n) is 2.50. The zero-order valence-corrected chi connectivity index (χ0v) is 11.8. The number of hydrogen-bond donors (Lipinski definition) is 2. The minimum atomic E-state index is 0.462. The van der Waals surface area contributed by atoms with Crippen LogP contribution < -0.4 is 10.6 Å². The topological polar surface area (TPSA) is 27.3 Å². The van der Waals surface area contributed by atoms with Crippen molar-refractivity contribution in [1.29, 1.82) is 0 Å². The maximum absolute atomic E-state index is 5.16. The molecular weight excluding hydrogens is 242 g/mol. The smallest absolute Gasteiger partial charge is 0.166 e. The Kier molecular flexibility index (Phi) is 4.55. The Labute approximate surface area is 115 Å². The van der Waals surface area contributed by atoms with Crippen molar-refractivity contribution < 1.29 is 0 Å². The average Bonchev–Trinajstić information content (AvgIpc) is 2.71. The molecule has 1 aromatic rings. The van der Waals surface area contributed by atoms with Crippen LogP contribution in [0.1, 0.15) is 18.9 Å². The van der Waals surface area contributed by atoms with E-state index in [0.717, 1.165) is 24.6 Å². The standard InChI is InChI=1S/C14H21N3S/c1-11-8-13(16-14(18)15-2)10-17(11)9-12-6-4-3-5-7-12/h3-7,11,13H,8-10H2,1-2H3,(H2,15,16,18). The Bertz CT molecular complexity index is 393. The van der Waals surface area contributed by atoms with Gasteiger partial charge in [0.1, 0.15) is 0 Å². The van der Waals surface area contributed by atoms with Gasteiger partial charge in [0.2, 0.25) is 0 Å². The quantitative estimate of drug-likeness (QED) is 0.813. The zero-order valence-electron chi connectivity index (χ0n) is 11.0. The van der Waals surface area contributed by atoms with Crippen molar-refractivity contribution in [3.05, 3.63) is 35.9 Å². The minimum absolute atomic E-state index is 0.462. The van der Waals surface area contributed by atoms with Crippen LogP contribution in [0.15, 0.2) is 30.3 Å². The summed E-state index contributed by atoms with van der Waals surface area (Å²) in [7, 11) is 1.86. The van der Waals surface area contributed by atoms with Gasteiger partial charge in [-0.1, -0.05) is 30.3 Å². The first-order valence-electron chi connectivity index (χ1n) is 6.45. The molecule has 2 atom stereocenters. The molecule has 4 heteroatoms. The largest absolute Gasteiger partial charge is 0.366 e. The van der Waals surface area contributed by atoms with Gasteiger partial charge in [0.15, 0.2) is 5.11 Å². The van der Waals surface area contributed by atoms with Gasteiger partial charge < -0.3 is 10.6 Å². The van der Waals surface area contributed by atoms with Crippen LogP contribution in [0, 0.1) is 0 Å². The minimum Gasteiger partial charge on any atom is -0.366 e.